The van der Waals surface area contributed by atoms with Gasteiger partial charge < -0.3 is 5.32 Å². The summed E-state index contributed by atoms with van der Waals surface area (Å²) in [5.41, 5.74) is 3.46. The van der Waals surface area contributed by atoms with Crippen LogP contribution in [0.25, 0.3) is 0 Å². The molecule has 0 fully saturated rings. The molecule has 0 atom stereocenters. The standard InChI is InChI=1S/C21H24ClNO2/c1-14-5-10-17(13-18(14)22)23-20(25)12-11-19(24)15-6-8-16(9-7-15)21(2,3)4/h5-10,13H,11-12H2,1-4H3,(H,23,25). The maximum absolute atomic E-state index is 12.3. The Labute approximate surface area is 154 Å². The van der Waals surface area contributed by atoms with Crippen LogP contribution in [0.2, 0.25) is 5.02 Å². The van der Waals surface area contributed by atoms with Crippen molar-refractivity contribution in [2.24, 2.45) is 0 Å². The highest BCUT2D eigenvalue weighted by Crippen LogP contribution is 2.23. The smallest absolute Gasteiger partial charge is 0.224 e. The Bertz CT molecular complexity index is 773. The van der Waals surface area contributed by atoms with E-state index in [4.69, 9.17) is 11.6 Å². The number of ketones is 1. The summed E-state index contributed by atoms with van der Waals surface area (Å²) >= 11 is 6.04. The second-order valence-corrected chi connectivity index (χ2v) is 7.67. The van der Waals surface area contributed by atoms with Gasteiger partial charge in [0.15, 0.2) is 5.78 Å². The first-order valence-corrected chi connectivity index (χ1v) is 8.74. The van der Waals surface area contributed by atoms with Gasteiger partial charge >= 0.3 is 0 Å². The first-order chi connectivity index (χ1) is 11.7. The molecule has 0 spiro atoms. The van der Waals surface area contributed by atoms with Gasteiger partial charge in [-0.3, -0.25) is 9.59 Å². The van der Waals surface area contributed by atoms with E-state index in [9.17, 15) is 9.59 Å². The lowest BCUT2D eigenvalue weighted by Crippen LogP contribution is -2.14. The largest absolute Gasteiger partial charge is 0.326 e. The van der Waals surface area contributed by atoms with E-state index in [-0.39, 0.29) is 29.9 Å². The molecule has 1 N–H and O–H groups in total. The van der Waals surface area contributed by atoms with Gasteiger partial charge in [-0.05, 0) is 35.6 Å². The van der Waals surface area contributed by atoms with Gasteiger partial charge in [0.05, 0.1) is 0 Å². The van der Waals surface area contributed by atoms with Gasteiger partial charge in [0, 0.05) is 29.1 Å². The van der Waals surface area contributed by atoms with E-state index < -0.39 is 0 Å². The zero-order valence-electron chi connectivity index (χ0n) is 15.2. The van der Waals surface area contributed by atoms with E-state index in [1.807, 2.05) is 37.3 Å². The summed E-state index contributed by atoms with van der Waals surface area (Å²) in [4.78, 5) is 24.3. The summed E-state index contributed by atoms with van der Waals surface area (Å²) in [6.07, 6.45) is 0.325. The number of anilines is 1. The molecule has 0 aliphatic heterocycles. The highest BCUT2D eigenvalue weighted by atomic mass is 35.5. The molecule has 0 aliphatic carbocycles. The van der Waals surface area contributed by atoms with Crippen molar-refractivity contribution in [2.45, 2.75) is 46.0 Å². The molecule has 0 aliphatic rings. The minimum atomic E-state index is -0.195. The van der Waals surface area contributed by atoms with Crippen LogP contribution >= 0.6 is 11.6 Å². The normalized spacial score (nSPS) is 11.2. The van der Waals surface area contributed by atoms with Crippen LogP contribution in [-0.2, 0) is 10.2 Å². The minimum absolute atomic E-state index is 0.0300. The van der Waals surface area contributed by atoms with Crippen molar-refractivity contribution in [1.29, 1.82) is 0 Å². The lowest BCUT2D eigenvalue weighted by atomic mass is 9.86. The molecule has 0 unspecified atom stereocenters. The van der Waals surface area contributed by atoms with E-state index in [0.717, 1.165) is 5.56 Å². The molecule has 2 aromatic rings. The molecule has 1 amide bonds. The molecular formula is C21H24ClNO2. The molecule has 4 heteroatoms. The molecule has 132 valence electrons. The van der Waals surface area contributed by atoms with E-state index >= 15 is 0 Å². The summed E-state index contributed by atoms with van der Waals surface area (Å²) in [5, 5.41) is 3.37. The van der Waals surface area contributed by atoms with Gasteiger partial charge in [0.25, 0.3) is 0 Å². The lowest BCUT2D eigenvalue weighted by molar-refractivity contribution is -0.116. The molecular weight excluding hydrogens is 334 g/mol. The predicted octanol–water partition coefficient (Wildman–Crippen LogP) is 5.55. The highest BCUT2D eigenvalue weighted by Gasteiger charge is 2.15. The SMILES string of the molecule is Cc1ccc(NC(=O)CCC(=O)c2ccc(C(C)(C)C)cc2)cc1Cl. The molecule has 0 bridgehead atoms. The average Bonchev–Trinajstić information content (AvgIpc) is 2.55. The first kappa shape index (κ1) is 19.2. The van der Waals surface area contributed by atoms with E-state index in [1.54, 1.807) is 12.1 Å². The molecule has 0 radical (unpaired) electrons. The van der Waals surface area contributed by atoms with Crippen molar-refractivity contribution in [3.8, 4) is 0 Å². The Morgan fingerprint density at radius 3 is 2.20 bits per heavy atom. The number of nitrogens with one attached hydrogen (secondary N) is 1. The zero-order valence-corrected chi connectivity index (χ0v) is 15.9. The second-order valence-electron chi connectivity index (χ2n) is 7.26. The molecule has 3 nitrogen and oxygen atoms in total. The molecule has 2 aromatic carbocycles. The van der Waals surface area contributed by atoms with Crippen LogP contribution in [-0.4, -0.2) is 11.7 Å². The maximum atomic E-state index is 12.3. The number of carbonyl (C=O) groups is 2. The van der Waals surface area contributed by atoms with Crippen LogP contribution < -0.4 is 5.32 Å². The van der Waals surface area contributed by atoms with E-state index in [1.165, 1.54) is 5.56 Å². The Kier molecular flexibility index (Phi) is 6.02. The summed E-state index contributed by atoms with van der Waals surface area (Å²) < 4.78 is 0. The monoisotopic (exact) mass is 357 g/mol. The van der Waals surface area contributed by atoms with Crippen LogP contribution in [0.1, 0.15) is 55.1 Å². The Balaban J connectivity index is 1.90. The fourth-order valence-electron chi connectivity index (χ4n) is 2.42. The second kappa shape index (κ2) is 7.83. The van der Waals surface area contributed by atoms with Crippen LogP contribution in [0.15, 0.2) is 42.5 Å². The summed E-state index contributed by atoms with van der Waals surface area (Å²) in [6.45, 7) is 8.29. The number of halogens is 1. The third kappa shape index (κ3) is 5.43. The van der Waals surface area contributed by atoms with Gasteiger partial charge in [-0.15, -0.1) is 0 Å². The van der Waals surface area contributed by atoms with Gasteiger partial charge in [-0.25, -0.2) is 0 Å². The predicted molar refractivity (Wildman–Crippen MR) is 104 cm³/mol. The van der Waals surface area contributed by atoms with Crippen LogP contribution in [0, 0.1) is 6.92 Å². The molecule has 25 heavy (non-hydrogen) atoms. The fourth-order valence-corrected chi connectivity index (χ4v) is 2.60. The fraction of sp³-hybridized carbons (Fsp3) is 0.333. The Hall–Kier alpha value is -2.13. The quantitative estimate of drug-likeness (QED) is 0.713. The number of hydrogen-bond acceptors (Lipinski definition) is 2. The van der Waals surface area contributed by atoms with Crippen molar-refractivity contribution >= 4 is 29.0 Å². The third-order valence-electron chi connectivity index (χ3n) is 4.11. The van der Waals surface area contributed by atoms with Crippen molar-refractivity contribution in [3.63, 3.8) is 0 Å². The summed E-state index contributed by atoms with van der Waals surface area (Å²) in [7, 11) is 0. The zero-order chi connectivity index (χ0) is 18.6. The number of carbonyl (C=O) groups excluding carboxylic acids is 2. The van der Waals surface area contributed by atoms with Gasteiger partial charge in [0.1, 0.15) is 0 Å². The minimum Gasteiger partial charge on any atom is -0.326 e. The van der Waals surface area contributed by atoms with Crippen LogP contribution in [0.5, 0.6) is 0 Å². The lowest BCUT2D eigenvalue weighted by Gasteiger charge is -2.18. The number of rotatable bonds is 5. The Morgan fingerprint density at radius 2 is 1.64 bits per heavy atom. The average molecular weight is 358 g/mol. The molecule has 2 rings (SSSR count). The molecule has 0 heterocycles. The van der Waals surface area contributed by atoms with Crippen LogP contribution in [0.4, 0.5) is 5.69 Å². The number of amides is 1. The number of hydrogen-bond donors (Lipinski definition) is 1. The van der Waals surface area contributed by atoms with E-state index in [2.05, 4.69) is 26.1 Å². The Morgan fingerprint density at radius 1 is 1.00 bits per heavy atom. The van der Waals surface area contributed by atoms with Crippen molar-refractivity contribution < 1.29 is 9.59 Å². The number of Topliss-reactive ketones (excluding diaryl/α,β-unsaturated/α-hetero) is 1. The topological polar surface area (TPSA) is 46.2 Å². The van der Waals surface area contributed by atoms with Crippen molar-refractivity contribution in [3.05, 3.63) is 64.2 Å². The number of aryl methyl sites for hydroxylation is 1. The van der Waals surface area contributed by atoms with Gasteiger partial charge in [-0.2, -0.15) is 0 Å². The maximum Gasteiger partial charge on any atom is 0.224 e. The van der Waals surface area contributed by atoms with Crippen molar-refractivity contribution in [1.82, 2.24) is 0 Å². The molecule has 0 saturated carbocycles. The highest BCUT2D eigenvalue weighted by molar-refractivity contribution is 6.31. The summed E-state index contributed by atoms with van der Waals surface area (Å²) in [5.74, 6) is -0.225. The number of benzene rings is 2. The summed E-state index contributed by atoms with van der Waals surface area (Å²) in [6, 6.07) is 13.0. The van der Waals surface area contributed by atoms with Crippen molar-refractivity contribution in [2.75, 3.05) is 5.32 Å². The first-order valence-electron chi connectivity index (χ1n) is 8.36. The van der Waals surface area contributed by atoms with E-state index in [0.29, 0.717) is 16.3 Å². The van der Waals surface area contributed by atoms with Gasteiger partial charge in [-0.1, -0.05) is 62.7 Å². The molecule has 0 aromatic heterocycles. The third-order valence-corrected chi connectivity index (χ3v) is 4.51. The van der Waals surface area contributed by atoms with Gasteiger partial charge in [0.2, 0.25) is 5.91 Å². The molecule has 0 saturated heterocycles. The van der Waals surface area contributed by atoms with Crippen LogP contribution in [0.3, 0.4) is 0 Å².